The van der Waals surface area contributed by atoms with Gasteiger partial charge in [-0.3, -0.25) is 23.9 Å². The molecule has 33 heavy (non-hydrogen) atoms. The molecule has 0 N–H and O–H groups in total. The second-order valence-electron chi connectivity index (χ2n) is 8.24. The average Bonchev–Trinajstić information content (AvgIpc) is 3.32. The Labute approximate surface area is 199 Å². The predicted molar refractivity (Wildman–Crippen MR) is 130 cm³/mol. The number of methoxy groups -OCH3 is 1. The molecule has 0 saturated carbocycles. The summed E-state index contributed by atoms with van der Waals surface area (Å²) in [6, 6.07) is 6.93. The molecule has 0 saturated heterocycles. The smallest absolute Gasteiger partial charge is 0.263 e. The second-order valence-corrected chi connectivity index (χ2v) is 10.4. The lowest BCUT2D eigenvalue weighted by Crippen LogP contribution is -2.31. The summed E-state index contributed by atoms with van der Waals surface area (Å²) in [6.07, 6.45) is 4.87. The van der Waals surface area contributed by atoms with Crippen molar-refractivity contribution in [2.24, 2.45) is 0 Å². The van der Waals surface area contributed by atoms with E-state index in [4.69, 9.17) is 9.72 Å². The summed E-state index contributed by atoms with van der Waals surface area (Å²) >= 11 is 3.14. The lowest BCUT2D eigenvalue weighted by Gasteiger charge is -2.15. The maximum Gasteiger partial charge on any atom is 0.263 e. The molecule has 172 valence electrons. The Morgan fingerprint density at radius 1 is 1.06 bits per heavy atom. The van der Waals surface area contributed by atoms with Crippen LogP contribution in [-0.2, 0) is 24.1 Å². The lowest BCUT2D eigenvalue weighted by molar-refractivity contribution is 0.0655. The zero-order chi connectivity index (χ0) is 22.9. The Hall–Kier alpha value is -2.49. The zero-order valence-corrected chi connectivity index (χ0v) is 20.1. The van der Waals surface area contributed by atoms with Gasteiger partial charge in [0.05, 0.1) is 29.7 Å². The van der Waals surface area contributed by atoms with Gasteiger partial charge in [-0.2, -0.15) is 0 Å². The number of carbonyl (C=O) groups excluding carboxylic acids is 2. The number of ether oxygens (including phenoxy) is 1. The standard InChI is InChI=1S/C24H25N3O4S2/c1-31-13-12-27-23(30)19-17-9-4-5-10-18(17)33-20(19)25-24(27)32-14-6-11-26-21(28)15-7-2-3-8-16(15)22(26)29/h2-3,7-8H,4-6,9-14H2,1H3. The van der Waals surface area contributed by atoms with E-state index in [-0.39, 0.29) is 17.4 Å². The largest absolute Gasteiger partial charge is 0.383 e. The highest BCUT2D eigenvalue weighted by Crippen LogP contribution is 2.34. The van der Waals surface area contributed by atoms with Gasteiger partial charge in [0, 0.05) is 24.3 Å². The lowest BCUT2D eigenvalue weighted by atomic mass is 9.97. The number of thiophene rings is 1. The Kier molecular flexibility index (Phi) is 6.36. The van der Waals surface area contributed by atoms with Crippen LogP contribution in [0.4, 0.5) is 0 Å². The number of benzene rings is 1. The summed E-state index contributed by atoms with van der Waals surface area (Å²) in [5.41, 5.74) is 2.14. The summed E-state index contributed by atoms with van der Waals surface area (Å²) in [6.45, 7) is 1.23. The minimum atomic E-state index is -0.235. The minimum Gasteiger partial charge on any atom is -0.383 e. The number of hydrogen-bond acceptors (Lipinski definition) is 7. The van der Waals surface area contributed by atoms with Crippen molar-refractivity contribution in [2.45, 2.75) is 43.8 Å². The molecule has 0 radical (unpaired) electrons. The number of hydrogen-bond donors (Lipinski definition) is 0. The van der Waals surface area contributed by atoms with Crippen LogP contribution in [0.3, 0.4) is 0 Å². The number of aromatic nitrogens is 2. The van der Waals surface area contributed by atoms with E-state index in [0.29, 0.717) is 48.2 Å². The summed E-state index contributed by atoms with van der Waals surface area (Å²) in [5, 5.41) is 1.45. The number of imide groups is 1. The van der Waals surface area contributed by atoms with E-state index in [2.05, 4.69) is 0 Å². The van der Waals surface area contributed by atoms with E-state index in [1.165, 1.54) is 27.1 Å². The van der Waals surface area contributed by atoms with Crippen LogP contribution in [-0.4, -0.2) is 52.3 Å². The fourth-order valence-corrected chi connectivity index (χ4v) is 6.79. The molecule has 3 aromatic rings. The number of thioether (sulfide) groups is 1. The van der Waals surface area contributed by atoms with Crippen molar-refractivity contribution < 1.29 is 14.3 Å². The molecule has 5 rings (SSSR count). The van der Waals surface area contributed by atoms with Crippen LogP contribution in [0.25, 0.3) is 10.2 Å². The van der Waals surface area contributed by atoms with Gasteiger partial charge in [-0.25, -0.2) is 4.98 Å². The third-order valence-corrected chi connectivity index (χ3v) is 8.44. The Bertz CT molecular complexity index is 1260. The van der Waals surface area contributed by atoms with Gasteiger partial charge in [0.15, 0.2) is 5.16 Å². The summed E-state index contributed by atoms with van der Waals surface area (Å²) in [4.78, 5) is 46.8. The Morgan fingerprint density at radius 2 is 1.79 bits per heavy atom. The van der Waals surface area contributed by atoms with Gasteiger partial charge in [0.1, 0.15) is 4.83 Å². The molecular formula is C24H25N3O4S2. The highest BCUT2D eigenvalue weighted by Gasteiger charge is 2.34. The topological polar surface area (TPSA) is 81.5 Å². The van der Waals surface area contributed by atoms with Crippen molar-refractivity contribution in [1.82, 2.24) is 14.5 Å². The van der Waals surface area contributed by atoms with E-state index in [9.17, 15) is 14.4 Å². The number of fused-ring (bicyclic) bond motifs is 4. The molecule has 0 fully saturated rings. The van der Waals surface area contributed by atoms with Gasteiger partial charge < -0.3 is 4.74 Å². The van der Waals surface area contributed by atoms with Gasteiger partial charge in [-0.15, -0.1) is 11.3 Å². The fraction of sp³-hybridized carbons (Fsp3) is 0.417. The van der Waals surface area contributed by atoms with Gasteiger partial charge in [-0.1, -0.05) is 23.9 Å². The number of aryl methyl sites for hydroxylation is 2. The first kappa shape index (κ1) is 22.3. The van der Waals surface area contributed by atoms with Crippen molar-refractivity contribution in [3.63, 3.8) is 0 Å². The first-order valence-electron chi connectivity index (χ1n) is 11.2. The van der Waals surface area contributed by atoms with Gasteiger partial charge >= 0.3 is 0 Å². The van der Waals surface area contributed by atoms with Gasteiger partial charge in [0.25, 0.3) is 17.4 Å². The molecule has 2 aromatic heterocycles. The highest BCUT2D eigenvalue weighted by molar-refractivity contribution is 7.99. The van der Waals surface area contributed by atoms with E-state index in [1.807, 2.05) is 0 Å². The molecule has 7 nitrogen and oxygen atoms in total. The molecule has 0 atom stereocenters. The van der Waals surface area contributed by atoms with Crippen molar-refractivity contribution in [3.05, 3.63) is 56.2 Å². The molecule has 3 heterocycles. The van der Waals surface area contributed by atoms with Crippen LogP contribution >= 0.6 is 23.1 Å². The van der Waals surface area contributed by atoms with Crippen LogP contribution in [0.2, 0.25) is 0 Å². The third-order valence-electron chi connectivity index (χ3n) is 6.19. The molecule has 9 heteroatoms. The van der Waals surface area contributed by atoms with E-state index in [0.717, 1.165) is 35.9 Å². The van der Waals surface area contributed by atoms with Crippen LogP contribution in [0.1, 0.15) is 50.4 Å². The van der Waals surface area contributed by atoms with Crippen LogP contribution in [0.5, 0.6) is 0 Å². The molecule has 1 aliphatic heterocycles. The SMILES string of the molecule is COCCn1c(SCCCN2C(=O)c3ccccc3C2=O)nc2sc3c(c2c1=O)CCCC3. The highest BCUT2D eigenvalue weighted by atomic mass is 32.2. The molecule has 1 aliphatic carbocycles. The molecule has 1 aromatic carbocycles. The van der Waals surface area contributed by atoms with Crippen molar-refractivity contribution in [2.75, 3.05) is 26.0 Å². The van der Waals surface area contributed by atoms with E-state index < -0.39 is 0 Å². The summed E-state index contributed by atoms with van der Waals surface area (Å²) < 4.78 is 6.96. The normalized spacial score (nSPS) is 15.4. The quantitative estimate of drug-likeness (QED) is 0.210. The summed E-state index contributed by atoms with van der Waals surface area (Å²) in [5.74, 6) is 0.172. The second kappa shape index (κ2) is 9.40. The van der Waals surface area contributed by atoms with Crippen molar-refractivity contribution in [1.29, 1.82) is 0 Å². The number of nitrogens with zero attached hydrogens (tertiary/aromatic N) is 3. The summed E-state index contributed by atoms with van der Waals surface area (Å²) in [7, 11) is 1.62. The Balaban J connectivity index is 1.33. The molecule has 2 amide bonds. The number of carbonyl (C=O) groups is 2. The first-order valence-corrected chi connectivity index (χ1v) is 13.0. The Morgan fingerprint density at radius 3 is 2.52 bits per heavy atom. The first-order chi connectivity index (χ1) is 16.1. The van der Waals surface area contributed by atoms with Crippen LogP contribution in [0.15, 0.2) is 34.2 Å². The number of rotatable bonds is 8. The zero-order valence-electron chi connectivity index (χ0n) is 18.5. The third kappa shape index (κ3) is 4.02. The maximum atomic E-state index is 13.4. The van der Waals surface area contributed by atoms with E-state index in [1.54, 1.807) is 47.3 Å². The predicted octanol–water partition coefficient (Wildman–Crippen LogP) is 3.76. The van der Waals surface area contributed by atoms with Gasteiger partial charge in [-0.05, 0) is 49.8 Å². The minimum absolute atomic E-state index is 0.0132. The molecular weight excluding hydrogens is 458 g/mol. The van der Waals surface area contributed by atoms with Crippen molar-refractivity contribution >= 4 is 45.1 Å². The van der Waals surface area contributed by atoms with Gasteiger partial charge in [0.2, 0.25) is 0 Å². The van der Waals surface area contributed by atoms with Crippen LogP contribution < -0.4 is 5.56 Å². The van der Waals surface area contributed by atoms with Crippen molar-refractivity contribution in [3.8, 4) is 0 Å². The number of amides is 2. The average molecular weight is 484 g/mol. The van der Waals surface area contributed by atoms with Crippen LogP contribution in [0, 0.1) is 0 Å². The maximum absolute atomic E-state index is 13.4. The molecule has 2 aliphatic rings. The molecule has 0 bridgehead atoms. The van der Waals surface area contributed by atoms with E-state index >= 15 is 0 Å². The molecule has 0 spiro atoms. The molecule has 0 unspecified atom stereocenters. The fourth-order valence-electron chi connectivity index (χ4n) is 4.54. The monoisotopic (exact) mass is 483 g/mol.